The minimum absolute atomic E-state index is 0.0290. The standard InChI is InChI=1S/C48H55ClN8O8S2/c1-54(2)25-24-38(33-66-39-11-4-3-5-12-39)50-42-22-21-40(31-45(42)57(62)63)67(64,65)53-48(60)35-18-23-44(43(30-35)51-46(58)14-8-9-15-47(59)52-61)56-28-26-55(27-29-56)32-36-10-6-7-13-41(36)34-16-19-37(49)20-17-34/h3-7,10-13,16-23,30-31,38,50,61H,8-9,14-15,24-29,32-33H2,1-2H3,(H,51,58)(H,52,59)(H,53,60)/t38-/m1/s1. The Labute approximate surface area is 400 Å². The fourth-order valence-electron chi connectivity index (χ4n) is 7.59. The van der Waals surface area contributed by atoms with E-state index < -0.39 is 43.3 Å². The van der Waals surface area contributed by atoms with Gasteiger partial charge in [-0.1, -0.05) is 66.2 Å². The largest absolute Gasteiger partial charge is 0.376 e. The summed E-state index contributed by atoms with van der Waals surface area (Å²) in [6.45, 7) is 3.92. The van der Waals surface area contributed by atoms with Gasteiger partial charge in [0.25, 0.3) is 21.6 Å². The van der Waals surface area contributed by atoms with Gasteiger partial charge in [0.2, 0.25) is 11.8 Å². The van der Waals surface area contributed by atoms with Crippen LogP contribution in [-0.4, -0.2) is 105 Å². The van der Waals surface area contributed by atoms with Crippen LogP contribution in [0.4, 0.5) is 22.7 Å². The number of piperazine rings is 1. The number of nitro benzene ring substituents is 1. The summed E-state index contributed by atoms with van der Waals surface area (Å²) in [4.78, 5) is 57.2. The average molecular weight is 972 g/mol. The second-order valence-electron chi connectivity index (χ2n) is 16.4. The maximum atomic E-state index is 13.7. The first-order valence-corrected chi connectivity index (χ1v) is 24.7. The zero-order chi connectivity index (χ0) is 47.9. The number of halogens is 1. The van der Waals surface area contributed by atoms with Crippen molar-refractivity contribution in [3.05, 3.63) is 142 Å². The number of amides is 3. The Morgan fingerprint density at radius 2 is 1.54 bits per heavy atom. The van der Waals surface area contributed by atoms with Crippen LogP contribution >= 0.6 is 23.4 Å². The third kappa shape index (κ3) is 14.7. The molecule has 0 unspecified atom stereocenters. The third-order valence-electron chi connectivity index (χ3n) is 11.2. The number of nitro groups is 1. The minimum atomic E-state index is -4.62. The number of carbonyl (C=O) groups excluding carboxylic acids is 3. The van der Waals surface area contributed by atoms with Crippen LogP contribution in [0, 0.1) is 10.1 Å². The van der Waals surface area contributed by atoms with Crippen LogP contribution in [0.25, 0.3) is 11.1 Å². The molecule has 1 aliphatic heterocycles. The van der Waals surface area contributed by atoms with Gasteiger partial charge in [-0.3, -0.25) is 34.6 Å². The molecule has 5 N–H and O–H groups in total. The quantitative estimate of drug-likeness (QED) is 0.0147. The van der Waals surface area contributed by atoms with Crippen molar-refractivity contribution in [2.24, 2.45) is 0 Å². The van der Waals surface area contributed by atoms with E-state index in [0.717, 1.165) is 27.7 Å². The fourth-order valence-corrected chi connectivity index (χ4v) is 9.70. The molecule has 16 nitrogen and oxygen atoms in total. The Bertz CT molecular complexity index is 2620. The molecule has 354 valence electrons. The van der Waals surface area contributed by atoms with E-state index in [1.807, 2.05) is 85.7 Å². The monoisotopic (exact) mass is 970 g/mol. The number of hydrogen-bond acceptors (Lipinski definition) is 13. The first-order chi connectivity index (χ1) is 32.2. The molecule has 0 saturated carbocycles. The van der Waals surface area contributed by atoms with Gasteiger partial charge in [0.05, 0.1) is 21.2 Å². The lowest BCUT2D eigenvalue weighted by atomic mass is 9.99. The van der Waals surface area contributed by atoms with E-state index in [1.165, 1.54) is 24.3 Å². The number of rotatable bonds is 22. The lowest BCUT2D eigenvalue weighted by Crippen LogP contribution is -2.46. The van der Waals surface area contributed by atoms with Gasteiger partial charge in [-0.15, -0.1) is 11.8 Å². The highest BCUT2D eigenvalue weighted by Crippen LogP contribution is 2.33. The average Bonchev–Trinajstić information content (AvgIpc) is 3.32. The molecule has 5 aromatic rings. The highest BCUT2D eigenvalue weighted by Gasteiger charge is 2.27. The second kappa shape index (κ2) is 24.1. The molecular weight excluding hydrogens is 916 g/mol. The van der Waals surface area contributed by atoms with Gasteiger partial charge in [-0.25, -0.2) is 18.6 Å². The summed E-state index contributed by atoms with van der Waals surface area (Å²) in [6.07, 6.45) is 1.40. The summed E-state index contributed by atoms with van der Waals surface area (Å²) in [6, 6.07) is 33.5. The Morgan fingerprint density at radius 1 is 0.851 bits per heavy atom. The van der Waals surface area contributed by atoms with Crippen molar-refractivity contribution in [1.82, 2.24) is 20.0 Å². The number of sulfonamides is 1. The molecular formula is C48H55ClN8O8S2. The maximum Gasteiger partial charge on any atom is 0.293 e. The van der Waals surface area contributed by atoms with Gasteiger partial charge in [0, 0.05) is 78.9 Å². The number of unbranched alkanes of at least 4 members (excludes halogenated alkanes) is 1. The van der Waals surface area contributed by atoms with Crippen LogP contribution in [0.2, 0.25) is 5.02 Å². The third-order valence-corrected chi connectivity index (χ3v) is 13.9. The SMILES string of the molecule is CN(C)CC[C@H](CSc1ccccc1)Nc1ccc(S(=O)(=O)NC(=O)c2ccc(N3CCN(Cc4ccccc4-c4ccc(Cl)cc4)CC3)c(NC(=O)CCCCC(=O)NO)c2)cc1[N+](=O)[O-]. The van der Waals surface area contributed by atoms with Crippen LogP contribution in [0.3, 0.4) is 0 Å². The Balaban J connectivity index is 1.17. The van der Waals surface area contributed by atoms with Crippen LogP contribution in [-0.2, 0) is 26.2 Å². The summed E-state index contributed by atoms with van der Waals surface area (Å²) in [7, 11) is -0.754. The van der Waals surface area contributed by atoms with E-state index in [-0.39, 0.29) is 35.8 Å². The first kappa shape index (κ1) is 50.4. The summed E-state index contributed by atoms with van der Waals surface area (Å²) >= 11 is 7.75. The minimum Gasteiger partial charge on any atom is -0.376 e. The summed E-state index contributed by atoms with van der Waals surface area (Å²) < 4.78 is 29.5. The van der Waals surface area contributed by atoms with Gasteiger partial charge in [0.15, 0.2) is 0 Å². The smallest absolute Gasteiger partial charge is 0.293 e. The first-order valence-electron chi connectivity index (χ1n) is 21.8. The van der Waals surface area contributed by atoms with E-state index in [1.54, 1.807) is 23.3 Å². The molecule has 0 bridgehead atoms. The molecule has 5 aromatic carbocycles. The molecule has 0 spiro atoms. The fraction of sp³-hybridized carbons (Fsp3) is 0.312. The van der Waals surface area contributed by atoms with Gasteiger partial charge in [0.1, 0.15) is 5.69 Å². The van der Waals surface area contributed by atoms with Crippen molar-refractivity contribution in [3.8, 4) is 11.1 Å². The molecule has 1 heterocycles. The Hall–Kier alpha value is -6.02. The van der Waals surface area contributed by atoms with Gasteiger partial charge < -0.3 is 20.4 Å². The summed E-state index contributed by atoms with van der Waals surface area (Å²) in [5.41, 5.74) is 5.41. The molecule has 0 radical (unpaired) electrons. The molecule has 67 heavy (non-hydrogen) atoms. The summed E-state index contributed by atoms with van der Waals surface area (Å²) in [5.74, 6) is -1.37. The predicted molar refractivity (Wildman–Crippen MR) is 263 cm³/mol. The highest BCUT2D eigenvalue weighted by atomic mass is 35.5. The number of nitrogens with zero attached hydrogens (tertiary/aromatic N) is 4. The topological polar surface area (TPSA) is 207 Å². The zero-order valence-electron chi connectivity index (χ0n) is 37.3. The lowest BCUT2D eigenvalue weighted by molar-refractivity contribution is -0.384. The van der Waals surface area contributed by atoms with Crippen molar-refractivity contribution in [1.29, 1.82) is 0 Å². The van der Waals surface area contributed by atoms with Gasteiger partial charge >= 0.3 is 0 Å². The van der Waals surface area contributed by atoms with Crippen molar-refractivity contribution >= 4 is 73.9 Å². The predicted octanol–water partition coefficient (Wildman–Crippen LogP) is 7.88. The second-order valence-corrected chi connectivity index (χ2v) is 19.6. The van der Waals surface area contributed by atoms with E-state index >= 15 is 0 Å². The Morgan fingerprint density at radius 3 is 2.22 bits per heavy atom. The number of benzene rings is 5. The molecule has 1 aliphatic rings. The molecule has 3 amide bonds. The molecule has 1 atom stereocenters. The molecule has 0 aliphatic carbocycles. The van der Waals surface area contributed by atoms with Crippen molar-refractivity contribution in [2.45, 2.75) is 54.5 Å². The molecule has 1 saturated heterocycles. The van der Waals surface area contributed by atoms with E-state index in [4.69, 9.17) is 16.8 Å². The van der Waals surface area contributed by atoms with Crippen molar-refractivity contribution in [3.63, 3.8) is 0 Å². The number of anilines is 3. The lowest BCUT2D eigenvalue weighted by Gasteiger charge is -2.37. The molecule has 19 heteroatoms. The maximum absolute atomic E-state index is 13.7. The number of hydroxylamine groups is 1. The summed E-state index contributed by atoms with van der Waals surface area (Å²) in [5, 5.41) is 28.0. The van der Waals surface area contributed by atoms with Crippen LogP contribution in [0.1, 0.15) is 48.0 Å². The normalized spacial score (nSPS) is 13.5. The van der Waals surface area contributed by atoms with Crippen LogP contribution < -0.4 is 25.7 Å². The van der Waals surface area contributed by atoms with E-state index in [0.29, 0.717) is 75.0 Å². The van der Waals surface area contributed by atoms with Crippen molar-refractivity contribution in [2.75, 3.05) is 68.1 Å². The van der Waals surface area contributed by atoms with E-state index in [2.05, 4.69) is 37.3 Å². The van der Waals surface area contributed by atoms with Gasteiger partial charge in [-0.05, 0) is 111 Å². The van der Waals surface area contributed by atoms with Crippen LogP contribution in [0.15, 0.2) is 125 Å². The highest BCUT2D eigenvalue weighted by molar-refractivity contribution is 7.99. The number of hydrogen-bond donors (Lipinski definition) is 5. The molecule has 0 aromatic heterocycles. The molecule has 6 rings (SSSR count). The Kier molecular flexibility index (Phi) is 18.2. The van der Waals surface area contributed by atoms with Crippen molar-refractivity contribution < 1.29 is 32.9 Å². The zero-order valence-corrected chi connectivity index (χ0v) is 39.7. The number of thioether (sulfide) groups is 1. The number of carbonyl (C=O) groups is 3. The molecule has 1 fully saturated rings. The number of nitrogens with one attached hydrogen (secondary N) is 4. The van der Waals surface area contributed by atoms with Gasteiger partial charge in [-0.2, -0.15) is 0 Å². The van der Waals surface area contributed by atoms with Crippen LogP contribution in [0.5, 0.6) is 0 Å². The van der Waals surface area contributed by atoms with E-state index in [9.17, 15) is 32.9 Å².